The standard InChI is InChI=1S/C28H32N2O4S/c1-18-12-19(2)14-23(13-18)34-17-25-24-16-27(33-5)26(32-4)15-20(24)10-11-30(25)28(35)29-21-6-8-22(31-3)9-7-21/h6-9,12-16,25H,10-11,17H2,1-5H3,(H,29,35). The topological polar surface area (TPSA) is 52.2 Å². The van der Waals surface area contributed by atoms with Crippen LogP contribution in [0.2, 0.25) is 0 Å². The fourth-order valence-corrected chi connectivity index (χ4v) is 4.85. The molecule has 7 heteroatoms. The van der Waals surface area contributed by atoms with Crippen LogP contribution in [-0.2, 0) is 6.42 Å². The Balaban J connectivity index is 1.64. The molecule has 3 aromatic carbocycles. The van der Waals surface area contributed by atoms with Crippen molar-refractivity contribution in [1.29, 1.82) is 0 Å². The molecule has 4 rings (SSSR count). The van der Waals surface area contributed by atoms with Crippen LogP contribution in [0.3, 0.4) is 0 Å². The second kappa shape index (κ2) is 10.9. The van der Waals surface area contributed by atoms with Crippen LogP contribution in [0.4, 0.5) is 5.69 Å². The summed E-state index contributed by atoms with van der Waals surface area (Å²) in [6, 6.07) is 18.0. The summed E-state index contributed by atoms with van der Waals surface area (Å²) in [5.74, 6) is 3.07. The average Bonchev–Trinajstić information content (AvgIpc) is 2.86. The summed E-state index contributed by atoms with van der Waals surface area (Å²) in [6.07, 6.45) is 0.834. The molecular formula is C28H32N2O4S. The SMILES string of the molecule is COc1ccc(NC(=S)N2CCc3cc(OC)c(OC)cc3C2COc2cc(C)cc(C)c2)cc1. The lowest BCUT2D eigenvalue weighted by Crippen LogP contribution is -2.44. The van der Waals surface area contributed by atoms with Crippen molar-refractivity contribution in [3.63, 3.8) is 0 Å². The Bertz CT molecular complexity index is 1180. The first-order valence-corrected chi connectivity index (χ1v) is 12.0. The van der Waals surface area contributed by atoms with Crippen LogP contribution >= 0.6 is 12.2 Å². The largest absolute Gasteiger partial charge is 0.497 e. The number of nitrogens with one attached hydrogen (secondary N) is 1. The van der Waals surface area contributed by atoms with Gasteiger partial charge in [-0.05, 0) is 103 Å². The molecule has 1 N–H and O–H groups in total. The number of nitrogens with zero attached hydrogens (tertiary/aromatic N) is 1. The second-order valence-corrected chi connectivity index (χ2v) is 9.04. The lowest BCUT2D eigenvalue weighted by atomic mass is 9.92. The van der Waals surface area contributed by atoms with Crippen molar-refractivity contribution in [2.45, 2.75) is 26.3 Å². The molecule has 35 heavy (non-hydrogen) atoms. The molecule has 0 saturated carbocycles. The Morgan fingerprint density at radius 1 is 0.886 bits per heavy atom. The zero-order valence-electron chi connectivity index (χ0n) is 20.9. The molecule has 6 nitrogen and oxygen atoms in total. The van der Waals surface area contributed by atoms with Gasteiger partial charge in [-0.2, -0.15) is 0 Å². The summed E-state index contributed by atoms with van der Waals surface area (Å²) in [7, 11) is 4.97. The molecule has 0 spiro atoms. The minimum absolute atomic E-state index is 0.0994. The quantitative estimate of drug-likeness (QED) is 0.424. The molecule has 1 unspecified atom stereocenters. The predicted molar refractivity (Wildman–Crippen MR) is 143 cm³/mol. The monoisotopic (exact) mass is 492 g/mol. The fourth-order valence-electron chi connectivity index (χ4n) is 4.51. The van der Waals surface area contributed by atoms with Gasteiger partial charge < -0.3 is 29.2 Å². The number of aryl methyl sites for hydroxylation is 2. The first-order valence-electron chi connectivity index (χ1n) is 11.6. The molecular weight excluding hydrogens is 460 g/mol. The molecule has 0 aromatic heterocycles. The van der Waals surface area contributed by atoms with Gasteiger partial charge in [0.15, 0.2) is 16.6 Å². The predicted octanol–water partition coefficient (Wildman–Crippen LogP) is 5.70. The zero-order valence-corrected chi connectivity index (χ0v) is 21.7. The number of rotatable bonds is 7. The number of thiocarbonyl (C=S) groups is 1. The van der Waals surface area contributed by atoms with Crippen LogP contribution in [0, 0.1) is 13.8 Å². The molecule has 0 saturated heterocycles. The molecule has 0 bridgehead atoms. The van der Waals surface area contributed by atoms with E-state index in [1.54, 1.807) is 21.3 Å². The fraction of sp³-hybridized carbons (Fsp3) is 0.321. The maximum atomic E-state index is 6.34. The third-order valence-electron chi connectivity index (χ3n) is 6.21. The highest BCUT2D eigenvalue weighted by Gasteiger charge is 2.31. The van der Waals surface area contributed by atoms with E-state index < -0.39 is 0 Å². The molecule has 3 aromatic rings. The maximum absolute atomic E-state index is 6.34. The van der Waals surface area contributed by atoms with Crippen LogP contribution in [0.1, 0.15) is 28.3 Å². The van der Waals surface area contributed by atoms with Crippen molar-refractivity contribution < 1.29 is 18.9 Å². The van der Waals surface area contributed by atoms with E-state index in [4.69, 9.17) is 31.2 Å². The maximum Gasteiger partial charge on any atom is 0.174 e. The number of methoxy groups -OCH3 is 3. The Kier molecular flexibility index (Phi) is 7.66. The van der Waals surface area contributed by atoms with Gasteiger partial charge in [0.1, 0.15) is 18.1 Å². The van der Waals surface area contributed by atoms with Crippen LogP contribution < -0.4 is 24.3 Å². The van der Waals surface area contributed by atoms with Crippen LogP contribution in [0.15, 0.2) is 54.6 Å². The number of benzene rings is 3. The first-order chi connectivity index (χ1) is 16.9. The molecule has 1 heterocycles. The van der Waals surface area contributed by atoms with Gasteiger partial charge in [-0.3, -0.25) is 0 Å². The molecule has 0 fully saturated rings. The molecule has 0 aliphatic carbocycles. The number of fused-ring (bicyclic) bond motifs is 1. The van der Waals surface area contributed by atoms with Gasteiger partial charge in [0.25, 0.3) is 0 Å². The summed E-state index contributed by atoms with van der Waals surface area (Å²) in [5, 5.41) is 4.02. The van der Waals surface area contributed by atoms with Crippen molar-refractivity contribution in [2.24, 2.45) is 0 Å². The minimum Gasteiger partial charge on any atom is -0.497 e. The lowest BCUT2D eigenvalue weighted by molar-refractivity contribution is 0.190. The second-order valence-electron chi connectivity index (χ2n) is 8.66. The third-order valence-corrected chi connectivity index (χ3v) is 6.54. The van der Waals surface area contributed by atoms with Crippen LogP contribution in [0.25, 0.3) is 0 Å². The van der Waals surface area contributed by atoms with E-state index in [1.807, 2.05) is 30.3 Å². The van der Waals surface area contributed by atoms with Gasteiger partial charge in [0.2, 0.25) is 0 Å². The van der Waals surface area contributed by atoms with E-state index in [1.165, 1.54) is 16.7 Å². The summed E-state index contributed by atoms with van der Waals surface area (Å²) < 4.78 is 22.8. The number of hydrogen-bond donors (Lipinski definition) is 1. The van der Waals surface area contributed by atoms with Crippen molar-refractivity contribution in [3.8, 4) is 23.0 Å². The molecule has 0 amide bonds. The minimum atomic E-state index is -0.0994. The van der Waals surface area contributed by atoms with E-state index in [0.717, 1.165) is 41.5 Å². The highest BCUT2D eigenvalue weighted by atomic mass is 32.1. The van der Waals surface area contributed by atoms with E-state index >= 15 is 0 Å². The smallest absolute Gasteiger partial charge is 0.174 e. The Morgan fingerprint density at radius 3 is 2.17 bits per heavy atom. The van der Waals surface area contributed by atoms with Gasteiger partial charge in [-0.1, -0.05) is 6.07 Å². The van der Waals surface area contributed by atoms with Gasteiger partial charge in [-0.15, -0.1) is 0 Å². The van der Waals surface area contributed by atoms with Crippen LogP contribution in [-0.4, -0.2) is 44.5 Å². The highest BCUT2D eigenvalue weighted by Crippen LogP contribution is 2.39. The Hall–Kier alpha value is -3.45. The molecule has 0 radical (unpaired) electrons. The third kappa shape index (κ3) is 5.62. The molecule has 1 aliphatic heterocycles. The zero-order chi connectivity index (χ0) is 24.9. The number of ether oxygens (including phenoxy) is 4. The van der Waals surface area contributed by atoms with E-state index in [9.17, 15) is 0 Å². The van der Waals surface area contributed by atoms with Crippen LogP contribution in [0.5, 0.6) is 23.0 Å². The Morgan fingerprint density at radius 2 is 1.54 bits per heavy atom. The lowest BCUT2D eigenvalue weighted by Gasteiger charge is -2.39. The first kappa shape index (κ1) is 24.7. The highest BCUT2D eigenvalue weighted by molar-refractivity contribution is 7.80. The number of hydrogen-bond acceptors (Lipinski definition) is 5. The molecule has 1 aliphatic rings. The number of anilines is 1. The summed E-state index contributed by atoms with van der Waals surface area (Å²) in [5.41, 5.74) is 5.58. The molecule has 184 valence electrons. The van der Waals surface area contributed by atoms with Gasteiger partial charge in [-0.25, -0.2) is 0 Å². The normalized spacial score (nSPS) is 14.7. The molecule has 1 atom stereocenters. The summed E-state index contributed by atoms with van der Waals surface area (Å²) >= 11 is 5.88. The average molecular weight is 493 g/mol. The van der Waals surface area contributed by atoms with Crippen molar-refractivity contribution in [2.75, 3.05) is 39.8 Å². The Labute approximate surface area is 212 Å². The van der Waals surface area contributed by atoms with Gasteiger partial charge in [0.05, 0.1) is 27.4 Å². The summed E-state index contributed by atoms with van der Waals surface area (Å²) in [4.78, 5) is 2.19. The van der Waals surface area contributed by atoms with Gasteiger partial charge >= 0.3 is 0 Å². The van der Waals surface area contributed by atoms with E-state index in [2.05, 4.69) is 48.3 Å². The van der Waals surface area contributed by atoms with Crippen molar-refractivity contribution in [1.82, 2.24) is 4.90 Å². The van der Waals surface area contributed by atoms with Crippen molar-refractivity contribution in [3.05, 3.63) is 76.9 Å². The van der Waals surface area contributed by atoms with E-state index in [0.29, 0.717) is 17.5 Å². The van der Waals surface area contributed by atoms with Crippen molar-refractivity contribution >= 4 is 23.0 Å². The van der Waals surface area contributed by atoms with Gasteiger partial charge in [0, 0.05) is 12.2 Å². The summed E-state index contributed by atoms with van der Waals surface area (Å²) in [6.45, 7) is 5.35. The van der Waals surface area contributed by atoms with E-state index in [-0.39, 0.29) is 6.04 Å².